The van der Waals surface area contributed by atoms with Crippen LogP contribution in [0.2, 0.25) is 0 Å². The Morgan fingerprint density at radius 2 is 1.86 bits per heavy atom. The average molecular weight is 475 g/mol. The highest BCUT2D eigenvalue weighted by Crippen LogP contribution is 2.17. The van der Waals surface area contributed by atoms with Crippen molar-refractivity contribution in [3.8, 4) is 5.75 Å². The molecule has 1 heterocycles. The van der Waals surface area contributed by atoms with Crippen LogP contribution in [0.25, 0.3) is 0 Å². The number of phenols is 1. The number of carbonyl (C=O) groups is 2. The van der Waals surface area contributed by atoms with E-state index in [2.05, 4.69) is 47.3 Å². The molecular formula is C18H15BrN6O3S. The molecule has 0 spiro atoms. The first-order valence-electron chi connectivity index (χ1n) is 8.25. The van der Waals surface area contributed by atoms with E-state index in [9.17, 15) is 14.7 Å². The van der Waals surface area contributed by atoms with Gasteiger partial charge in [-0.05, 0) is 36.4 Å². The van der Waals surface area contributed by atoms with Crippen molar-refractivity contribution < 1.29 is 14.7 Å². The van der Waals surface area contributed by atoms with E-state index in [1.807, 2.05) is 0 Å². The fourth-order valence-corrected chi connectivity index (χ4v) is 3.11. The highest BCUT2D eigenvalue weighted by molar-refractivity contribution is 9.10. The number of aromatic nitrogens is 2. The second-order valence-electron chi connectivity index (χ2n) is 5.62. The number of amides is 3. The minimum absolute atomic E-state index is 0.0498. The quantitative estimate of drug-likeness (QED) is 0.321. The molecule has 9 nitrogen and oxygen atoms in total. The van der Waals surface area contributed by atoms with Crippen LogP contribution in [0.5, 0.6) is 5.75 Å². The van der Waals surface area contributed by atoms with Crippen LogP contribution >= 0.6 is 27.3 Å². The molecule has 3 aromatic rings. The predicted octanol–water partition coefficient (Wildman–Crippen LogP) is 3.34. The Balaban J connectivity index is 1.48. The third-order valence-electron chi connectivity index (χ3n) is 3.43. The minimum atomic E-state index is -0.466. The molecule has 0 saturated heterocycles. The molecule has 2 aromatic carbocycles. The Labute approximate surface area is 178 Å². The largest absolute Gasteiger partial charge is 0.507 e. The number of nitrogens with zero attached hydrogens (tertiary/aromatic N) is 3. The zero-order valence-corrected chi connectivity index (χ0v) is 17.2. The molecular weight excluding hydrogens is 460 g/mol. The lowest BCUT2D eigenvalue weighted by Gasteiger charge is -2.04. The van der Waals surface area contributed by atoms with Gasteiger partial charge in [0.05, 0.1) is 12.6 Å². The number of aromatic hydroxyl groups is 1. The van der Waals surface area contributed by atoms with Gasteiger partial charge in [-0.15, -0.1) is 10.2 Å². The number of benzene rings is 2. The van der Waals surface area contributed by atoms with E-state index in [0.717, 1.165) is 15.8 Å². The monoisotopic (exact) mass is 474 g/mol. The summed E-state index contributed by atoms with van der Waals surface area (Å²) < 4.78 is 0.903. The molecule has 0 saturated carbocycles. The van der Waals surface area contributed by atoms with E-state index in [4.69, 9.17) is 0 Å². The lowest BCUT2D eigenvalue weighted by Crippen LogP contribution is -2.19. The molecule has 3 rings (SSSR count). The van der Waals surface area contributed by atoms with Crippen LogP contribution in [-0.4, -0.2) is 33.5 Å². The van der Waals surface area contributed by atoms with Gasteiger partial charge in [0.1, 0.15) is 10.8 Å². The van der Waals surface area contributed by atoms with E-state index in [0.29, 0.717) is 16.3 Å². The van der Waals surface area contributed by atoms with Gasteiger partial charge in [0.15, 0.2) is 0 Å². The fraction of sp³-hybridized carbons (Fsp3) is 0.0556. The Hall–Kier alpha value is -3.31. The van der Waals surface area contributed by atoms with Crippen LogP contribution in [0.4, 0.5) is 15.6 Å². The predicted molar refractivity (Wildman–Crippen MR) is 114 cm³/mol. The Morgan fingerprint density at radius 1 is 1.10 bits per heavy atom. The number of hydrogen-bond donors (Lipinski definition) is 4. The maximum absolute atomic E-state index is 12.0. The zero-order chi connectivity index (χ0) is 20.6. The topological polar surface area (TPSA) is 129 Å². The number of urea groups is 1. The maximum atomic E-state index is 12.0. The van der Waals surface area contributed by atoms with Gasteiger partial charge in [-0.1, -0.05) is 39.4 Å². The molecule has 0 fully saturated rings. The average Bonchev–Trinajstić information content (AvgIpc) is 3.11. The summed E-state index contributed by atoms with van der Waals surface area (Å²) in [6.45, 7) is 0. The standard InChI is InChI=1S/C18H15BrN6O3S/c19-12-5-7-13(8-6-12)21-17(28)22-18-25-24-16(29-18)9-15(27)23-20-10-11-3-1-2-4-14(11)26/h1-8,10,26H,9H2,(H,23,27)(H2,21,22,25,28)/b20-10-. The number of anilines is 2. The number of carbonyl (C=O) groups excluding carboxylic acids is 2. The lowest BCUT2D eigenvalue weighted by atomic mass is 10.2. The van der Waals surface area contributed by atoms with Crippen molar-refractivity contribution in [1.82, 2.24) is 15.6 Å². The van der Waals surface area contributed by atoms with Crippen LogP contribution in [0.15, 0.2) is 58.1 Å². The maximum Gasteiger partial charge on any atom is 0.325 e. The lowest BCUT2D eigenvalue weighted by molar-refractivity contribution is -0.120. The van der Waals surface area contributed by atoms with E-state index < -0.39 is 11.9 Å². The number of rotatable bonds is 6. The minimum Gasteiger partial charge on any atom is -0.507 e. The molecule has 1 aromatic heterocycles. The molecule has 0 aliphatic rings. The normalized spacial score (nSPS) is 10.7. The van der Waals surface area contributed by atoms with Crippen LogP contribution in [0.1, 0.15) is 10.6 Å². The van der Waals surface area contributed by atoms with Gasteiger partial charge in [0.25, 0.3) is 0 Å². The number of para-hydroxylation sites is 1. The van der Waals surface area contributed by atoms with Gasteiger partial charge in [0, 0.05) is 15.7 Å². The van der Waals surface area contributed by atoms with Crippen LogP contribution in [-0.2, 0) is 11.2 Å². The first-order valence-corrected chi connectivity index (χ1v) is 9.86. The summed E-state index contributed by atoms with van der Waals surface area (Å²) in [5.41, 5.74) is 3.45. The summed E-state index contributed by atoms with van der Waals surface area (Å²) in [4.78, 5) is 23.9. The summed E-state index contributed by atoms with van der Waals surface area (Å²) in [5.74, 6) is -0.342. The summed E-state index contributed by atoms with van der Waals surface area (Å²) >= 11 is 4.40. The molecule has 148 valence electrons. The third kappa shape index (κ3) is 6.36. The third-order valence-corrected chi connectivity index (χ3v) is 4.80. The molecule has 0 aliphatic heterocycles. The summed E-state index contributed by atoms with van der Waals surface area (Å²) in [7, 11) is 0. The number of nitrogens with one attached hydrogen (secondary N) is 3. The first-order chi connectivity index (χ1) is 14.0. The molecule has 0 unspecified atom stereocenters. The summed E-state index contributed by atoms with van der Waals surface area (Å²) in [5, 5.41) is 27.0. The Bertz CT molecular complexity index is 1040. The number of hydrogen-bond acceptors (Lipinski definition) is 7. The molecule has 0 radical (unpaired) electrons. The van der Waals surface area contributed by atoms with E-state index >= 15 is 0 Å². The number of phenolic OH excluding ortho intramolecular Hbond substituents is 1. The van der Waals surface area contributed by atoms with Crippen LogP contribution in [0, 0.1) is 0 Å². The van der Waals surface area contributed by atoms with Crippen molar-refractivity contribution in [2.75, 3.05) is 10.6 Å². The highest BCUT2D eigenvalue weighted by Gasteiger charge is 2.11. The smallest absolute Gasteiger partial charge is 0.325 e. The zero-order valence-electron chi connectivity index (χ0n) is 14.8. The number of hydrazone groups is 1. The molecule has 0 bridgehead atoms. The van der Waals surface area contributed by atoms with Crippen LogP contribution in [0.3, 0.4) is 0 Å². The van der Waals surface area contributed by atoms with Gasteiger partial charge in [0.2, 0.25) is 11.0 Å². The van der Waals surface area contributed by atoms with E-state index in [1.54, 1.807) is 42.5 Å². The van der Waals surface area contributed by atoms with E-state index in [1.165, 1.54) is 12.3 Å². The SMILES string of the molecule is O=C(Cc1nnc(NC(=O)Nc2ccc(Br)cc2)s1)N/N=C\c1ccccc1O. The molecule has 4 N–H and O–H groups in total. The Morgan fingerprint density at radius 3 is 2.62 bits per heavy atom. The molecule has 3 amide bonds. The van der Waals surface area contributed by atoms with Crippen molar-refractivity contribution in [3.63, 3.8) is 0 Å². The highest BCUT2D eigenvalue weighted by atomic mass is 79.9. The van der Waals surface area contributed by atoms with Crippen molar-refractivity contribution in [2.45, 2.75) is 6.42 Å². The molecule has 11 heteroatoms. The molecule has 0 aliphatic carbocycles. The second-order valence-corrected chi connectivity index (χ2v) is 7.59. The van der Waals surface area contributed by atoms with Gasteiger partial charge in [-0.3, -0.25) is 10.1 Å². The van der Waals surface area contributed by atoms with Gasteiger partial charge >= 0.3 is 6.03 Å². The van der Waals surface area contributed by atoms with Crippen molar-refractivity contribution in [2.24, 2.45) is 5.10 Å². The Kier molecular flexibility index (Phi) is 6.87. The molecule has 29 heavy (non-hydrogen) atoms. The second kappa shape index (κ2) is 9.75. The molecule has 0 atom stereocenters. The van der Waals surface area contributed by atoms with Gasteiger partial charge < -0.3 is 10.4 Å². The van der Waals surface area contributed by atoms with Gasteiger partial charge in [-0.2, -0.15) is 5.10 Å². The van der Waals surface area contributed by atoms with Crippen LogP contribution < -0.4 is 16.1 Å². The number of halogens is 1. The van der Waals surface area contributed by atoms with E-state index in [-0.39, 0.29) is 17.3 Å². The van der Waals surface area contributed by atoms with Gasteiger partial charge in [-0.25, -0.2) is 10.2 Å². The van der Waals surface area contributed by atoms with Crippen molar-refractivity contribution in [1.29, 1.82) is 0 Å². The fourth-order valence-electron chi connectivity index (χ4n) is 2.12. The summed E-state index contributed by atoms with van der Waals surface area (Å²) in [6, 6.07) is 13.2. The summed E-state index contributed by atoms with van der Waals surface area (Å²) in [6.07, 6.45) is 1.29. The van der Waals surface area contributed by atoms with Crippen molar-refractivity contribution >= 4 is 56.2 Å². The van der Waals surface area contributed by atoms with Crippen molar-refractivity contribution in [3.05, 3.63) is 63.6 Å². The first kappa shape index (κ1) is 20.4.